The van der Waals surface area contributed by atoms with Crippen LogP contribution in [-0.4, -0.2) is 19.7 Å². The number of aromatic nitrogens is 4. The van der Waals surface area contributed by atoms with E-state index in [-0.39, 0.29) is 17.7 Å². The molecule has 0 amide bonds. The lowest BCUT2D eigenvalue weighted by Gasteiger charge is -2.04. The first-order valence-electron chi connectivity index (χ1n) is 6.30. The van der Waals surface area contributed by atoms with E-state index in [1.54, 1.807) is 30.5 Å². The van der Waals surface area contributed by atoms with Crippen molar-refractivity contribution in [2.24, 2.45) is 0 Å². The van der Waals surface area contributed by atoms with Crippen molar-refractivity contribution in [1.82, 2.24) is 19.7 Å². The van der Waals surface area contributed by atoms with Crippen LogP contribution in [-0.2, 0) is 0 Å². The predicted octanol–water partition coefficient (Wildman–Crippen LogP) is 2.44. The summed E-state index contributed by atoms with van der Waals surface area (Å²) >= 11 is 0. The van der Waals surface area contributed by atoms with Crippen LogP contribution in [0.2, 0.25) is 0 Å². The van der Waals surface area contributed by atoms with Crippen LogP contribution >= 0.6 is 0 Å². The largest absolute Gasteiger partial charge is 0.368 e. The number of halogens is 1. The minimum atomic E-state index is -0.372. The van der Waals surface area contributed by atoms with E-state index in [2.05, 4.69) is 20.4 Å². The van der Waals surface area contributed by atoms with Gasteiger partial charge in [0.2, 0.25) is 11.9 Å². The highest BCUT2D eigenvalue weighted by atomic mass is 19.1. The molecule has 3 aromatic rings. The van der Waals surface area contributed by atoms with E-state index in [1.807, 2.05) is 13.0 Å². The number of anilines is 3. The molecule has 0 aliphatic carbocycles. The van der Waals surface area contributed by atoms with E-state index in [4.69, 9.17) is 5.73 Å². The quantitative estimate of drug-likeness (QED) is 0.772. The van der Waals surface area contributed by atoms with E-state index >= 15 is 0 Å². The molecule has 1 aromatic carbocycles. The molecule has 0 aliphatic rings. The zero-order valence-corrected chi connectivity index (χ0v) is 11.3. The average Bonchev–Trinajstić information content (AvgIpc) is 2.84. The molecule has 0 aliphatic heterocycles. The van der Waals surface area contributed by atoms with Gasteiger partial charge in [-0.25, -0.2) is 9.37 Å². The molecule has 7 heteroatoms. The minimum Gasteiger partial charge on any atom is -0.368 e. The van der Waals surface area contributed by atoms with E-state index in [0.29, 0.717) is 11.5 Å². The Hall–Kier alpha value is -2.96. The number of pyridine rings is 1. The number of nitrogen functional groups attached to an aromatic ring is 1. The van der Waals surface area contributed by atoms with Crippen LogP contribution in [0.25, 0.3) is 5.82 Å². The molecule has 0 bridgehead atoms. The molecule has 0 fully saturated rings. The zero-order chi connectivity index (χ0) is 14.8. The second-order valence-corrected chi connectivity index (χ2v) is 4.50. The van der Waals surface area contributed by atoms with Gasteiger partial charge in [-0.15, -0.1) is 5.10 Å². The molecular formula is C14H13FN6. The second kappa shape index (κ2) is 5.20. The number of hydrogen-bond donors (Lipinski definition) is 2. The highest BCUT2D eigenvalue weighted by molar-refractivity contribution is 5.56. The summed E-state index contributed by atoms with van der Waals surface area (Å²) in [6.45, 7) is 1.82. The zero-order valence-electron chi connectivity index (χ0n) is 11.3. The first-order chi connectivity index (χ1) is 10.1. The van der Waals surface area contributed by atoms with Crippen molar-refractivity contribution in [3.63, 3.8) is 0 Å². The van der Waals surface area contributed by atoms with Gasteiger partial charge in [0.25, 0.3) is 0 Å². The fourth-order valence-corrected chi connectivity index (χ4v) is 1.87. The molecule has 21 heavy (non-hydrogen) atoms. The maximum atomic E-state index is 13.8. The molecule has 3 N–H and O–H groups in total. The monoisotopic (exact) mass is 284 g/mol. The van der Waals surface area contributed by atoms with Gasteiger partial charge in [-0.2, -0.15) is 9.67 Å². The number of aryl methyl sites for hydroxylation is 1. The maximum Gasteiger partial charge on any atom is 0.248 e. The summed E-state index contributed by atoms with van der Waals surface area (Å²) in [7, 11) is 0. The van der Waals surface area contributed by atoms with Crippen molar-refractivity contribution in [3.8, 4) is 5.82 Å². The van der Waals surface area contributed by atoms with Crippen molar-refractivity contribution in [1.29, 1.82) is 0 Å². The standard InChI is InChI=1S/C14H13FN6/c1-9-5-6-11(10(15)8-9)18-14-19-13(16)21(20-14)12-4-2-3-7-17-12/h2-8H,1H3,(H3,16,18,19,20). The van der Waals surface area contributed by atoms with Crippen LogP contribution in [0.1, 0.15) is 5.56 Å². The SMILES string of the molecule is Cc1ccc(Nc2nc(N)n(-c3ccccn3)n2)c(F)c1. The van der Waals surface area contributed by atoms with Crippen molar-refractivity contribution in [2.45, 2.75) is 6.92 Å². The van der Waals surface area contributed by atoms with Gasteiger partial charge in [0.05, 0.1) is 5.69 Å². The third-order valence-corrected chi connectivity index (χ3v) is 2.87. The number of benzene rings is 1. The Balaban J connectivity index is 1.91. The van der Waals surface area contributed by atoms with Crippen LogP contribution in [0.5, 0.6) is 0 Å². The number of hydrogen-bond acceptors (Lipinski definition) is 5. The lowest BCUT2D eigenvalue weighted by atomic mass is 10.2. The second-order valence-electron chi connectivity index (χ2n) is 4.50. The lowest BCUT2D eigenvalue weighted by molar-refractivity contribution is 0.630. The Morgan fingerprint density at radius 1 is 1.24 bits per heavy atom. The molecule has 0 saturated heterocycles. The normalized spacial score (nSPS) is 10.6. The number of rotatable bonds is 3. The first-order valence-corrected chi connectivity index (χ1v) is 6.30. The molecular weight excluding hydrogens is 271 g/mol. The molecule has 2 heterocycles. The lowest BCUT2D eigenvalue weighted by Crippen LogP contribution is -2.04. The van der Waals surface area contributed by atoms with E-state index < -0.39 is 0 Å². The van der Waals surface area contributed by atoms with Gasteiger partial charge in [0.15, 0.2) is 5.82 Å². The van der Waals surface area contributed by atoms with E-state index in [1.165, 1.54) is 10.7 Å². The molecule has 106 valence electrons. The van der Waals surface area contributed by atoms with Crippen molar-refractivity contribution in [2.75, 3.05) is 11.1 Å². The number of nitrogens with two attached hydrogens (primary N) is 1. The van der Waals surface area contributed by atoms with Crippen LogP contribution in [0.15, 0.2) is 42.6 Å². The van der Waals surface area contributed by atoms with Gasteiger partial charge in [-0.05, 0) is 36.8 Å². The highest BCUT2D eigenvalue weighted by Crippen LogP contribution is 2.20. The third-order valence-electron chi connectivity index (χ3n) is 2.87. The summed E-state index contributed by atoms with van der Waals surface area (Å²) in [6, 6.07) is 10.2. The summed E-state index contributed by atoms with van der Waals surface area (Å²) in [4.78, 5) is 8.20. The molecule has 0 spiro atoms. The van der Waals surface area contributed by atoms with Crippen LogP contribution in [0.4, 0.5) is 22.0 Å². The van der Waals surface area contributed by atoms with Crippen molar-refractivity contribution < 1.29 is 4.39 Å². The van der Waals surface area contributed by atoms with Gasteiger partial charge in [-0.3, -0.25) is 0 Å². The minimum absolute atomic E-state index is 0.170. The Bertz CT molecular complexity index is 768. The Kier molecular flexibility index (Phi) is 3.23. The first kappa shape index (κ1) is 13.0. The summed E-state index contributed by atoms with van der Waals surface area (Å²) < 4.78 is 15.2. The highest BCUT2D eigenvalue weighted by Gasteiger charge is 2.11. The molecule has 0 unspecified atom stereocenters. The van der Waals surface area contributed by atoms with Gasteiger partial charge in [0, 0.05) is 6.20 Å². The summed E-state index contributed by atoms with van der Waals surface area (Å²) in [5.41, 5.74) is 6.93. The summed E-state index contributed by atoms with van der Waals surface area (Å²) in [6.07, 6.45) is 1.63. The fraction of sp³-hybridized carbons (Fsp3) is 0.0714. The predicted molar refractivity (Wildman–Crippen MR) is 78.0 cm³/mol. The van der Waals surface area contributed by atoms with Gasteiger partial charge < -0.3 is 11.1 Å². The topological polar surface area (TPSA) is 81.6 Å². The van der Waals surface area contributed by atoms with Gasteiger partial charge in [-0.1, -0.05) is 12.1 Å². The molecule has 3 rings (SSSR count). The smallest absolute Gasteiger partial charge is 0.248 e. The van der Waals surface area contributed by atoms with Gasteiger partial charge >= 0.3 is 0 Å². The van der Waals surface area contributed by atoms with Gasteiger partial charge in [0.1, 0.15) is 5.82 Å². The summed E-state index contributed by atoms with van der Waals surface area (Å²) in [5.74, 6) is 0.548. The average molecular weight is 284 g/mol. The van der Waals surface area contributed by atoms with Crippen LogP contribution in [0, 0.1) is 12.7 Å². The third kappa shape index (κ3) is 2.66. The van der Waals surface area contributed by atoms with Crippen LogP contribution < -0.4 is 11.1 Å². The number of nitrogens with one attached hydrogen (secondary N) is 1. The fourth-order valence-electron chi connectivity index (χ4n) is 1.87. The Morgan fingerprint density at radius 3 is 2.81 bits per heavy atom. The Morgan fingerprint density at radius 2 is 2.10 bits per heavy atom. The molecule has 6 nitrogen and oxygen atoms in total. The van der Waals surface area contributed by atoms with Crippen molar-refractivity contribution >= 4 is 17.6 Å². The summed E-state index contributed by atoms with van der Waals surface area (Å²) in [5, 5.41) is 6.98. The van der Waals surface area contributed by atoms with E-state index in [0.717, 1.165) is 5.56 Å². The van der Waals surface area contributed by atoms with Crippen molar-refractivity contribution in [3.05, 3.63) is 54.0 Å². The maximum absolute atomic E-state index is 13.8. The Labute approximate surface area is 120 Å². The van der Waals surface area contributed by atoms with Crippen LogP contribution in [0.3, 0.4) is 0 Å². The molecule has 0 atom stereocenters. The molecule has 0 saturated carbocycles. The van der Waals surface area contributed by atoms with E-state index in [9.17, 15) is 4.39 Å². The molecule has 2 aromatic heterocycles. The molecule has 0 radical (unpaired) electrons. The number of nitrogens with zero attached hydrogens (tertiary/aromatic N) is 4.